The number of aromatic nitrogens is 3. The van der Waals surface area contributed by atoms with Crippen molar-refractivity contribution in [2.75, 3.05) is 6.54 Å². The SMILES string of the molecule is Fc1ccccc1CNCCn1cncn1. The minimum Gasteiger partial charge on any atom is -0.311 e. The minimum absolute atomic E-state index is 0.171. The van der Waals surface area contributed by atoms with Gasteiger partial charge in [0.15, 0.2) is 0 Å². The van der Waals surface area contributed by atoms with E-state index in [0.717, 1.165) is 13.1 Å². The van der Waals surface area contributed by atoms with Gasteiger partial charge >= 0.3 is 0 Å². The van der Waals surface area contributed by atoms with Gasteiger partial charge in [0, 0.05) is 18.7 Å². The molecule has 5 heteroatoms. The Balaban J connectivity index is 1.74. The summed E-state index contributed by atoms with van der Waals surface area (Å²) in [5.74, 6) is -0.171. The molecule has 1 N–H and O–H groups in total. The van der Waals surface area contributed by atoms with Crippen molar-refractivity contribution in [2.24, 2.45) is 0 Å². The molecule has 16 heavy (non-hydrogen) atoms. The normalized spacial score (nSPS) is 10.6. The first-order chi connectivity index (χ1) is 7.86. The van der Waals surface area contributed by atoms with Crippen LogP contribution in [0.2, 0.25) is 0 Å². The summed E-state index contributed by atoms with van der Waals surface area (Å²) in [4.78, 5) is 3.84. The Morgan fingerprint density at radius 1 is 1.31 bits per heavy atom. The molecule has 0 saturated heterocycles. The Morgan fingerprint density at radius 3 is 2.94 bits per heavy atom. The second-order valence-corrected chi connectivity index (χ2v) is 3.43. The summed E-state index contributed by atoms with van der Waals surface area (Å²) in [6.45, 7) is 1.99. The lowest BCUT2D eigenvalue weighted by Gasteiger charge is -2.05. The number of nitrogens with one attached hydrogen (secondary N) is 1. The second-order valence-electron chi connectivity index (χ2n) is 3.43. The molecule has 0 unspecified atom stereocenters. The van der Waals surface area contributed by atoms with Gasteiger partial charge in [0.25, 0.3) is 0 Å². The Labute approximate surface area is 93.1 Å². The number of benzene rings is 1. The molecule has 0 bridgehead atoms. The lowest BCUT2D eigenvalue weighted by atomic mass is 10.2. The topological polar surface area (TPSA) is 42.7 Å². The second kappa shape index (κ2) is 5.37. The Hall–Kier alpha value is -1.75. The van der Waals surface area contributed by atoms with Crippen LogP contribution in [-0.2, 0) is 13.1 Å². The van der Waals surface area contributed by atoms with Gasteiger partial charge in [-0.1, -0.05) is 18.2 Å². The molecular weight excluding hydrogens is 207 g/mol. The van der Waals surface area contributed by atoms with Crippen LogP contribution < -0.4 is 5.32 Å². The summed E-state index contributed by atoms with van der Waals surface area (Å²) in [5.41, 5.74) is 0.682. The van der Waals surface area contributed by atoms with E-state index in [0.29, 0.717) is 12.1 Å². The predicted molar refractivity (Wildman–Crippen MR) is 58.1 cm³/mol. The van der Waals surface area contributed by atoms with Crippen molar-refractivity contribution in [3.63, 3.8) is 0 Å². The highest BCUT2D eigenvalue weighted by atomic mass is 19.1. The zero-order valence-electron chi connectivity index (χ0n) is 8.81. The van der Waals surface area contributed by atoms with E-state index in [2.05, 4.69) is 15.4 Å². The molecule has 0 aliphatic carbocycles. The average molecular weight is 220 g/mol. The zero-order valence-corrected chi connectivity index (χ0v) is 8.81. The van der Waals surface area contributed by atoms with Crippen molar-refractivity contribution >= 4 is 0 Å². The van der Waals surface area contributed by atoms with Gasteiger partial charge in [-0.05, 0) is 6.07 Å². The lowest BCUT2D eigenvalue weighted by Crippen LogP contribution is -2.20. The molecule has 0 amide bonds. The standard InChI is InChI=1S/C11H13FN4/c12-11-4-2-1-3-10(11)7-13-5-6-16-9-14-8-15-16/h1-4,8-9,13H,5-7H2. The van der Waals surface area contributed by atoms with Gasteiger partial charge in [0.05, 0.1) is 6.54 Å². The van der Waals surface area contributed by atoms with E-state index in [1.165, 1.54) is 12.4 Å². The Morgan fingerprint density at radius 2 is 2.19 bits per heavy atom. The summed E-state index contributed by atoms with van der Waals surface area (Å²) in [6.07, 6.45) is 3.15. The van der Waals surface area contributed by atoms with E-state index in [-0.39, 0.29) is 5.82 Å². The van der Waals surface area contributed by atoms with Gasteiger partial charge in [0.1, 0.15) is 18.5 Å². The van der Waals surface area contributed by atoms with Crippen LogP contribution >= 0.6 is 0 Å². The highest BCUT2D eigenvalue weighted by molar-refractivity contribution is 5.16. The largest absolute Gasteiger partial charge is 0.311 e. The molecule has 1 aromatic heterocycles. The third-order valence-corrected chi connectivity index (χ3v) is 2.26. The van der Waals surface area contributed by atoms with Crippen LogP contribution in [0.15, 0.2) is 36.9 Å². The van der Waals surface area contributed by atoms with Crippen molar-refractivity contribution in [1.29, 1.82) is 0 Å². The smallest absolute Gasteiger partial charge is 0.137 e. The van der Waals surface area contributed by atoms with Gasteiger partial charge in [-0.15, -0.1) is 0 Å². The van der Waals surface area contributed by atoms with Crippen molar-refractivity contribution in [1.82, 2.24) is 20.1 Å². The van der Waals surface area contributed by atoms with Gasteiger partial charge in [0.2, 0.25) is 0 Å². The molecule has 4 nitrogen and oxygen atoms in total. The van der Waals surface area contributed by atoms with Crippen LogP contribution in [0.3, 0.4) is 0 Å². The molecule has 0 spiro atoms. The average Bonchev–Trinajstić information content (AvgIpc) is 2.79. The third-order valence-electron chi connectivity index (χ3n) is 2.26. The molecule has 0 saturated carbocycles. The van der Waals surface area contributed by atoms with Crippen LogP contribution in [0.25, 0.3) is 0 Å². The molecule has 0 aliphatic heterocycles. The summed E-state index contributed by atoms with van der Waals surface area (Å²) in [6, 6.07) is 6.76. The number of nitrogens with zero attached hydrogens (tertiary/aromatic N) is 3. The van der Waals surface area contributed by atoms with Crippen LogP contribution in [0.5, 0.6) is 0 Å². The summed E-state index contributed by atoms with van der Waals surface area (Å²) in [5, 5.41) is 7.12. The summed E-state index contributed by atoms with van der Waals surface area (Å²) >= 11 is 0. The molecule has 0 radical (unpaired) electrons. The molecule has 0 aliphatic rings. The van der Waals surface area contributed by atoms with Gasteiger partial charge in [-0.3, -0.25) is 4.68 Å². The fourth-order valence-electron chi connectivity index (χ4n) is 1.41. The molecule has 1 aromatic carbocycles. The Bertz CT molecular complexity index is 427. The maximum absolute atomic E-state index is 13.2. The van der Waals surface area contributed by atoms with Crippen LogP contribution in [0.4, 0.5) is 4.39 Å². The maximum atomic E-state index is 13.2. The lowest BCUT2D eigenvalue weighted by molar-refractivity contribution is 0.539. The monoisotopic (exact) mass is 220 g/mol. The van der Waals surface area contributed by atoms with E-state index in [9.17, 15) is 4.39 Å². The van der Waals surface area contributed by atoms with Gasteiger partial charge in [-0.25, -0.2) is 9.37 Å². The first-order valence-corrected chi connectivity index (χ1v) is 5.13. The van der Waals surface area contributed by atoms with E-state index in [1.54, 1.807) is 23.1 Å². The molecule has 0 atom stereocenters. The van der Waals surface area contributed by atoms with Crippen molar-refractivity contribution in [3.8, 4) is 0 Å². The Kier molecular flexibility index (Phi) is 3.61. The van der Waals surface area contributed by atoms with Gasteiger partial charge < -0.3 is 5.32 Å². The van der Waals surface area contributed by atoms with E-state index < -0.39 is 0 Å². The summed E-state index contributed by atoms with van der Waals surface area (Å²) in [7, 11) is 0. The molecule has 2 aromatic rings. The molecule has 1 heterocycles. The van der Waals surface area contributed by atoms with Gasteiger partial charge in [-0.2, -0.15) is 5.10 Å². The van der Waals surface area contributed by atoms with E-state index in [1.807, 2.05) is 6.07 Å². The highest BCUT2D eigenvalue weighted by Gasteiger charge is 1.99. The maximum Gasteiger partial charge on any atom is 0.137 e. The molecule has 0 fully saturated rings. The quantitative estimate of drug-likeness (QED) is 0.770. The van der Waals surface area contributed by atoms with Crippen molar-refractivity contribution < 1.29 is 4.39 Å². The molecule has 84 valence electrons. The molecular formula is C11H13FN4. The first kappa shape index (κ1) is 10.8. The third kappa shape index (κ3) is 2.87. The number of hydrogen-bond acceptors (Lipinski definition) is 3. The van der Waals surface area contributed by atoms with Crippen LogP contribution in [0.1, 0.15) is 5.56 Å². The molecule has 2 rings (SSSR count). The van der Waals surface area contributed by atoms with Crippen LogP contribution in [0, 0.1) is 5.82 Å². The summed E-state index contributed by atoms with van der Waals surface area (Å²) < 4.78 is 15.0. The number of hydrogen-bond donors (Lipinski definition) is 1. The van der Waals surface area contributed by atoms with E-state index >= 15 is 0 Å². The van der Waals surface area contributed by atoms with Crippen molar-refractivity contribution in [2.45, 2.75) is 13.1 Å². The minimum atomic E-state index is -0.171. The number of rotatable bonds is 5. The predicted octanol–water partition coefficient (Wildman–Crippen LogP) is 1.21. The zero-order chi connectivity index (χ0) is 11.2. The number of halogens is 1. The highest BCUT2D eigenvalue weighted by Crippen LogP contribution is 2.04. The van der Waals surface area contributed by atoms with E-state index in [4.69, 9.17) is 0 Å². The first-order valence-electron chi connectivity index (χ1n) is 5.13. The van der Waals surface area contributed by atoms with Crippen LogP contribution in [-0.4, -0.2) is 21.3 Å². The van der Waals surface area contributed by atoms with Crippen molar-refractivity contribution in [3.05, 3.63) is 48.3 Å². The fourth-order valence-corrected chi connectivity index (χ4v) is 1.41. The fraction of sp³-hybridized carbons (Fsp3) is 0.273.